The molecule has 0 aromatic heterocycles. The summed E-state index contributed by atoms with van der Waals surface area (Å²) in [5, 5.41) is 11.9. The number of carbonyl (C=O) groups is 1. The summed E-state index contributed by atoms with van der Waals surface area (Å²) in [6.45, 7) is 10.1. The van der Waals surface area contributed by atoms with Crippen LogP contribution in [-0.2, 0) is 9.53 Å². The smallest absolute Gasteiger partial charge is 0.155 e. The van der Waals surface area contributed by atoms with Gasteiger partial charge in [-0.3, -0.25) is 4.79 Å². The van der Waals surface area contributed by atoms with Crippen molar-refractivity contribution >= 4 is 11.5 Å². The van der Waals surface area contributed by atoms with E-state index in [0.29, 0.717) is 35.9 Å². The van der Waals surface area contributed by atoms with Crippen LogP contribution in [-0.4, -0.2) is 42.8 Å². The van der Waals surface area contributed by atoms with Gasteiger partial charge in [-0.2, -0.15) is 0 Å². The molecule has 3 saturated carbocycles. The molecule has 1 aliphatic heterocycles. The minimum Gasteiger partial charge on any atom is -0.378 e. The highest BCUT2D eigenvalue weighted by molar-refractivity contribution is 5.91. The number of aliphatic hydroxyl groups is 1. The van der Waals surface area contributed by atoms with Crippen molar-refractivity contribution in [2.24, 2.45) is 28.6 Å². The third-order valence-electron chi connectivity index (χ3n) is 11.1. The van der Waals surface area contributed by atoms with Gasteiger partial charge in [0.05, 0.1) is 13.2 Å². The molecular weight excluding hydrogens is 446 g/mol. The number of nitrogens with zero attached hydrogens (tertiary/aromatic N) is 1. The second kappa shape index (κ2) is 8.74. The molecule has 0 spiro atoms. The van der Waals surface area contributed by atoms with E-state index in [9.17, 15) is 9.90 Å². The summed E-state index contributed by atoms with van der Waals surface area (Å²) in [6, 6.07) is 9.29. The highest BCUT2D eigenvalue weighted by Gasteiger charge is 2.66. The Morgan fingerprint density at radius 1 is 1.06 bits per heavy atom. The Balaban J connectivity index is 1.43. The van der Waals surface area contributed by atoms with Crippen molar-refractivity contribution in [2.75, 3.05) is 31.2 Å². The number of rotatable bonds is 2. The second-order valence-electron chi connectivity index (χ2n) is 12.6. The van der Waals surface area contributed by atoms with Gasteiger partial charge in [0.25, 0.3) is 0 Å². The monoisotopic (exact) mass is 487 g/mol. The highest BCUT2D eigenvalue weighted by atomic mass is 16.5. The first-order valence-electron chi connectivity index (χ1n) is 14.1. The van der Waals surface area contributed by atoms with E-state index in [1.807, 2.05) is 13.0 Å². The molecule has 0 bridgehead atoms. The quantitative estimate of drug-likeness (QED) is 0.560. The van der Waals surface area contributed by atoms with Crippen LogP contribution in [0.15, 0.2) is 35.9 Å². The lowest BCUT2D eigenvalue weighted by Crippen LogP contribution is -2.57. The molecule has 0 radical (unpaired) electrons. The molecule has 1 heterocycles. The maximum atomic E-state index is 12.4. The first-order valence-corrected chi connectivity index (χ1v) is 14.1. The topological polar surface area (TPSA) is 49.8 Å². The van der Waals surface area contributed by atoms with E-state index in [1.165, 1.54) is 16.8 Å². The van der Waals surface area contributed by atoms with Crippen LogP contribution in [0.4, 0.5) is 5.69 Å². The number of hydrogen-bond donors (Lipinski definition) is 1. The zero-order valence-electron chi connectivity index (χ0n) is 22.2. The number of benzene rings is 1. The molecule has 4 fully saturated rings. The SMILES string of the molecule is CC#C[C@]1(O)CC[C@H]2[C@@H]3CCC4=CC(=O)CC[C@]4(C)C3[C@@H](c3ccc(N4CCOCC4)cc3)C[C@@]21C. The van der Waals surface area contributed by atoms with Crippen molar-refractivity contribution in [2.45, 2.75) is 77.2 Å². The lowest BCUT2D eigenvalue weighted by Gasteiger charge is -2.61. The highest BCUT2D eigenvalue weighted by Crippen LogP contribution is 2.70. The molecule has 192 valence electrons. The average Bonchev–Trinajstić information content (AvgIpc) is 3.15. The maximum Gasteiger partial charge on any atom is 0.155 e. The van der Waals surface area contributed by atoms with E-state index in [1.54, 1.807) is 0 Å². The predicted octanol–water partition coefficient (Wildman–Crippen LogP) is 5.50. The third-order valence-corrected chi connectivity index (χ3v) is 11.1. The molecule has 1 N–H and O–H groups in total. The summed E-state index contributed by atoms with van der Waals surface area (Å²) < 4.78 is 5.55. The van der Waals surface area contributed by atoms with Crippen molar-refractivity contribution in [1.29, 1.82) is 0 Å². The molecule has 6 rings (SSSR count). The Morgan fingerprint density at radius 3 is 2.53 bits per heavy atom. The van der Waals surface area contributed by atoms with E-state index in [2.05, 4.69) is 54.9 Å². The van der Waals surface area contributed by atoms with Crippen LogP contribution < -0.4 is 4.90 Å². The number of ketones is 1. The van der Waals surface area contributed by atoms with Crippen LogP contribution in [0.3, 0.4) is 0 Å². The number of morpholine rings is 1. The van der Waals surface area contributed by atoms with Crippen LogP contribution in [0, 0.1) is 40.4 Å². The maximum absolute atomic E-state index is 12.4. The molecule has 5 aliphatic rings. The normalized spacial score (nSPS) is 41.9. The van der Waals surface area contributed by atoms with Crippen LogP contribution >= 0.6 is 0 Å². The molecule has 1 unspecified atom stereocenters. The summed E-state index contributed by atoms with van der Waals surface area (Å²) in [4.78, 5) is 14.8. The fourth-order valence-electron chi connectivity index (χ4n) is 9.24. The Morgan fingerprint density at radius 2 is 1.81 bits per heavy atom. The average molecular weight is 488 g/mol. The van der Waals surface area contributed by atoms with Crippen LogP contribution in [0.25, 0.3) is 0 Å². The number of anilines is 1. The van der Waals surface area contributed by atoms with Gasteiger partial charge in [-0.1, -0.05) is 37.5 Å². The molecule has 1 aromatic carbocycles. The minimum absolute atomic E-state index is 0.0584. The van der Waals surface area contributed by atoms with Crippen molar-refractivity contribution in [1.82, 2.24) is 0 Å². The molecule has 1 saturated heterocycles. The van der Waals surface area contributed by atoms with Gasteiger partial charge in [-0.05, 0) is 98.3 Å². The third kappa shape index (κ3) is 3.53. The number of carbonyl (C=O) groups excluding carboxylic acids is 1. The lowest BCUT2D eigenvalue weighted by atomic mass is 9.43. The van der Waals surface area contributed by atoms with Gasteiger partial charge >= 0.3 is 0 Å². The van der Waals surface area contributed by atoms with Crippen LogP contribution in [0.2, 0.25) is 0 Å². The van der Waals surface area contributed by atoms with Gasteiger partial charge in [-0.15, -0.1) is 5.92 Å². The predicted molar refractivity (Wildman–Crippen MR) is 143 cm³/mol. The molecule has 0 amide bonds. The summed E-state index contributed by atoms with van der Waals surface area (Å²) in [5.74, 6) is 8.54. The van der Waals surface area contributed by atoms with Crippen molar-refractivity contribution in [3.63, 3.8) is 0 Å². The Labute approximate surface area is 216 Å². The first kappa shape index (κ1) is 24.3. The Hall–Kier alpha value is -2.09. The van der Waals surface area contributed by atoms with Crippen LogP contribution in [0.1, 0.15) is 77.2 Å². The van der Waals surface area contributed by atoms with E-state index in [4.69, 9.17) is 4.74 Å². The first-order chi connectivity index (χ1) is 17.3. The molecule has 1 aromatic rings. The largest absolute Gasteiger partial charge is 0.378 e. The molecule has 4 aliphatic carbocycles. The second-order valence-corrected chi connectivity index (χ2v) is 12.6. The standard InChI is InChI=1S/C32H41NO3/c1-4-13-32(35)15-12-28-26-10-7-23-20-25(34)11-14-30(23,2)29(26)27(21-31(28,32)3)22-5-8-24(9-6-22)33-16-18-36-19-17-33/h5-6,8-9,20,26-29,35H,7,10-12,14-19,21H2,1-3H3/t26-,27+,28-,29?,30-,31-,32-/m0/s1. The van der Waals surface area contributed by atoms with E-state index in [0.717, 1.165) is 64.8 Å². The Bertz CT molecular complexity index is 1120. The summed E-state index contributed by atoms with van der Waals surface area (Å²) in [6.07, 6.45) is 8.56. The number of ether oxygens (including phenoxy) is 1. The van der Waals surface area contributed by atoms with Gasteiger partial charge in [0.15, 0.2) is 5.78 Å². The van der Waals surface area contributed by atoms with Crippen molar-refractivity contribution in [3.05, 3.63) is 41.5 Å². The fourth-order valence-corrected chi connectivity index (χ4v) is 9.24. The van der Waals surface area contributed by atoms with Gasteiger partial charge in [0.2, 0.25) is 0 Å². The summed E-state index contributed by atoms with van der Waals surface area (Å²) in [5.41, 5.74) is 2.98. The molecular formula is C32H41NO3. The number of allylic oxidation sites excluding steroid dienone is 1. The molecule has 36 heavy (non-hydrogen) atoms. The fraction of sp³-hybridized carbons (Fsp3) is 0.656. The van der Waals surface area contributed by atoms with Crippen molar-refractivity contribution in [3.8, 4) is 11.8 Å². The van der Waals surface area contributed by atoms with E-state index in [-0.39, 0.29) is 10.8 Å². The molecule has 4 nitrogen and oxygen atoms in total. The van der Waals surface area contributed by atoms with Crippen LogP contribution in [0.5, 0.6) is 0 Å². The number of fused-ring (bicyclic) bond motifs is 5. The van der Waals surface area contributed by atoms with Gasteiger partial charge in [0.1, 0.15) is 5.60 Å². The summed E-state index contributed by atoms with van der Waals surface area (Å²) >= 11 is 0. The Kier molecular flexibility index (Phi) is 5.89. The summed E-state index contributed by atoms with van der Waals surface area (Å²) in [7, 11) is 0. The minimum atomic E-state index is -0.914. The van der Waals surface area contributed by atoms with E-state index < -0.39 is 5.60 Å². The van der Waals surface area contributed by atoms with Gasteiger partial charge in [0, 0.05) is 30.6 Å². The van der Waals surface area contributed by atoms with Gasteiger partial charge < -0.3 is 14.7 Å². The van der Waals surface area contributed by atoms with Crippen molar-refractivity contribution < 1.29 is 14.6 Å². The lowest BCUT2D eigenvalue weighted by molar-refractivity contribution is -0.122. The van der Waals surface area contributed by atoms with E-state index >= 15 is 0 Å². The van der Waals surface area contributed by atoms with Gasteiger partial charge in [-0.25, -0.2) is 0 Å². The number of hydrogen-bond acceptors (Lipinski definition) is 4. The zero-order valence-corrected chi connectivity index (χ0v) is 22.2. The molecule has 7 atom stereocenters. The molecule has 4 heteroatoms. The zero-order chi connectivity index (χ0) is 25.1.